The molecule has 0 saturated carbocycles. The first kappa shape index (κ1) is 16.2. The number of hydrogen-bond acceptors (Lipinski definition) is 5. The monoisotopic (exact) mass is 350 g/mol. The molecule has 3 aromatic heterocycles. The van der Waals surface area contributed by atoms with Crippen LogP contribution in [0, 0.1) is 5.92 Å². The molecule has 4 heterocycles. The highest BCUT2D eigenvalue weighted by Gasteiger charge is 2.34. The van der Waals surface area contributed by atoms with E-state index in [1.54, 1.807) is 21.7 Å². The Kier molecular flexibility index (Phi) is 4.30. The highest BCUT2D eigenvalue weighted by atomic mass is 16.2. The molecule has 1 N–H and O–H groups in total. The lowest BCUT2D eigenvalue weighted by atomic mass is 10.1. The molecule has 0 aromatic carbocycles. The molecular formula is C18H18N6O2. The number of pyridine rings is 1. The van der Waals surface area contributed by atoms with Crippen molar-refractivity contribution in [2.75, 3.05) is 6.54 Å². The Hall–Kier alpha value is -3.29. The maximum Gasteiger partial charge on any atom is 0.233 e. The number of aromatic nitrogens is 4. The van der Waals surface area contributed by atoms with Gasteiger partial charge in [-0.1, -0.05) is 6.07 Å². The molecular weight excluding hydrogens is 332 g/mol. The zero-order valence-electron chi connectivity index (χ0n) is 14.1. The maximum absolute atomic E-state index is 12.4. The van der Waals surface area contributed by atoms with Gasteiger partial charge in [0.2, 0.25) is 17.6 Å². The van der Waals surface area contributed by atoms with Gasteiger partial charge in [0, 0.05) is 37.8 Å². The number of likely N-dealkylation sites (tertiary alicyclic amines) is 1. The minimum absolute atomic E-state index is 0.0206. The smallest absolute Gasteiger partial charge is 0.233 e. The molecule has 1 saturated heterocycles. The zero-order valence-corrected chi connectivity index (χ0v) is 14.1. The quantitative estimate of drug-likeness (QED) is 0.734. The van der Waals surface area contributed by atoms with E-state index in [4.69, 9.17) is 0 Å². The number of imidazole rings is 1. The molecule has 8 nitrogen and oxygen atoms in total. The number of fused-ring (bicyclic) bond motifs is 1. The molecule has 0 radical (unpaired) electrons. The second kappa shape index (κ2) is 6.91. The van der Waals surface area contributed by atoms with E-state index < -0.39 is 0 Å². The van der Waals surface area contributed by atoms with Crippen LogP contribution < -0.4 is 5.32 Å². The highest BCUT2D eigenvalue weighted by Crippen LogP contribution is 2.20. The lowest BCUT2D eigenvalue weighted by Gasteiger charge is -2.15. The van der Waals surface area contributed by atoms with Crippen molar-refractivity contribution in [3.63, 3.8) is 0 Å². The Labute approximate surface area is 149 Å². The fourth-order valence-electron chi connectivity index (χ4n) is 3.07. The van der Waals surface area contributed by atoms with E-state index in [1.165, 1.54) is 0 Å². The predicted molar refractivity (Wildman–Crippen MR) is 92.6 cm³/mol. The van der Waals surface area contributed by atoms with Crippen molar-refractivity contribution >= 4 is 17.6 Å². The average molecular weight is 350 g/mol. The predicted octanol–water partition coefficient (Wildman–Crippen LogP) is 0.789. The molecule has 8 heteroatoms. The molecule has 0 spiro atoms. The van der Waals surface area contributed by atoms with Crippen LogP contribution in [0.1, 0.15) is 17.8 Å². The van der Waals surface area contributed by atoms with Gasteiger partial charge in [-0.05, 0) is 18.2 Å². The summed E-state index contributed by atoms with van der Waals surface area (Å²) in [5.74, 6) is 0.0929. The van der Waals surface area contributed by atoms with Gasteiger partial charge < -0.3 is 10.2 Å². The van der Waals surface area contributed by atoms with Crippen LogP contribution in [0.4, 0.5) is 0 Å². The van der Waals surface area contributed by atoms with E-state index in [1.807, 2.05) is 36.7 Å². The first-order valence-electron chi connectivity index (χ1n) is 8.43. The van der Waals surface area contributed by atoms with Crippen molar-refractivity contribution in [2.24, 2.45) is 5.92 Å². The van der Waals surface area contributed by atoms with Gasteiger partial charge in [0.1, 0.15) is 0 Å². The molecule has 0 bridgehead atoms. The van der Waals surface area contributed by atoms with Crippen molar-refractivity contribution in [3.8, 4) is 0 Å². The van der Waals surface area contributed by atoms with E-state index >= 15 is 0 Å². The number of rotatable bonds is 5. The number of hydrogen-bond donors (Lipinski definition) is 1. The third kappa shape index (κ3) is 3.39. The van der Waals surface area contributed by atoms with Gasteiger partial charge in [-0.25, -0.2) is 9.97 Å². The number of nitrogens with one attached hydrogen (secondary N) is 1. The van der Waals surface area contributed by atoms with E-state index in [0.29, 0.717) is 25.4 Å². The third-order valence-corrected chi connectivity index (χ3v) is 4.39. The molecule has 2 amide bonds. The van der Waals surface area contributed by atoms with Gasteiger partial charge in [0.25, 0.3) is 0 Å². The summed E-state index contributed by atoms with van der Waals surface area (Å²) in [5.41, 5.74) is 1.55. The minimum atomic E-state index is -0.346. The summed E-state index contributed by atoms with van der Waals surface area (Å²) in [5, 5.41) is 2.87. The van der Waals surface area contributed by atoms with Crippen molar-refractivity contribution in [3.05, 3.63) is 60.4 Å². The summed E-state index contributed by atoms with van der Waals surface area (Å²) >= 11 is 0. The summed E-state index contributed by atoms with van der Waals surface area (Å²) < 4.78 is 1.80. The van der Waals surface area contributed by atoms with Crippen LogP contribution in [0.5, 0.6) is 0 Å². The average Bonchev–Trinajstić information content (AvgIpc) is 3.24. The van der Waals surface area contributed by atoms with Crippen LogP contribution in [0.2, 0.25) is 0 Å². The highest BCUT2D eigenvalue weighted by molar-refractivity contribution is 5.89. The van der Waals surface area contributed by atoms with Crippen LogP contribution in [0.25, 0.3) is 5.78 Å². The molecule has 132 valence electrons. The fraction of sp³-hybridized carbons (Fsp3) is 0.278. The molecule has 26 heavy (non-hydrogen) atoms. The molecule has 0 unspecified atom stereocenters. The molecule has 1 aliphatic heterocycles. The van der Waals surface area contributed by atoms with Gasteiger partial charge in [-0.2, -0.15) is 0 Å². The Morgan fingerprint density at radius 2 is 2.08 bits per heavy atom. The van der Waals surface area contributed by atoms with Gasteiger partial charge in [0.05, 0.1) is 30.4 Å². The number of carbonyl (C=O) groups excluding carboxylic acids is 2. The molecule has 1 fully saturated rings. The van der Waals surface area contributed by atoms with Crippen LogP contribution in [-0.2, 0) is 22.7 Å². The minimum Gasteiger partial charge on any atom is -0.350 e. The first-order chi connectivity index (χ1) is 12.7. The third-order valence-electron chi connectivity index (χ3n) is 4.39. The first-order valence-corrected chi connectivity index (χ1v) is 8.43. The lowest BCUT2D eigenvalue weighted by molar-refractivity contribution is -0.129. The van der Waals surface area contributed by atoms with Gasteiger partial charge in [0.15, 0.2) is 0 Å². The second-order valence-corrected chi connectivity index (χ2v) is 6.27. The van der Waals surface area contributed by atoms with Crippen molar-refractivity contribution in [1.82, 2.24) is 29.6 Å². The molecule has 1 aliphatic rings. The Bertz CT molecular complexity index is 906. The van der Waals surface area contributed by atoms with Crippen molar-refractivity contribution in [2.45, 2.75) is 19.5 Å². The molecule has 4 rings (SSSR count). The SMILES string of the molecule is O=C(NCc1cn2cccnc2n1)[C@@H]1CC(=O)N(Cc2ccccn2)C1. The summed E-state index contributed by atoms with van der Waals surface area (Å²) in [6.07, 6.45) is 7.28. The fourth-order valence-corrected chi connectivity index (χ4v) is 3.07. The zero-order chi connectivity index (χ0) is 17.9. The number of amides is 2. The largest absolute Gasteiger partial charge is 0.350 e. The van der Waals surface area contributed by atoms with Crippen LogP contribution in [-0.4, -0.2) is 42.6 Å². The Morgan fingerprint density at radius 3 is 2.88 bits per heavy atom. The van der Waals surface area contributed by atoms with Crippen LogP contribution >= 0.6 is 0 Å². The maximum atomic E-state index is 12.4. The summed E-state index contributed by atoms with van der Waals surface area (Å²) in [4.78, 5) is 39.0. The number of nitrogens with zero attached hydrogens (tertiary/aromatic N) is 5. The summed E-state index contributed by atoms with van der Waals surface area (Å²) in [7, 11) is 0. The van der Waals surface area contributed by atoms with Gasteiger partial charge in [-0.3, -0.25) is 19.0 Å². The van der Waals surface area contributed by atoms with E-state index in [0.717, 1.165) is 11.4 Å². The Morgan fingerprint density at radius 1 is 1.19 bits per heavy atom. The number of carbonyl (C=O) groups is 2. The Balaban J connectivity index is 1.34. The topological polar surface area (TPSA) is 92.5 Å². The van der Waals surface area contributed by atoms with Crippen LogP contribution in [0.15, 0.2) is 49.1 Å². The lowest BCUT2D eigenvalue weighted by Crippen LogP contribution is -2.32. The second-order valence-electron chi connectivity index (χ2n) is 6.27. The molecule has 3 aromatic rings. The normalized spacial score (nSPS) is 17.0. The summed E-state index contributed by atoms with van der Waals surface area (Å²) in [6, 6.07) is 7.41. The van der Waals surface area contributed by atoms with Crippen LogP contribution in [0.3, 0.4) is 0 Å². The van der Waals surface area contributed by atoms with Gasteiger partial charge in [-0.15, -0.1) is 0 Å². The molecule has 0 aliphatic carbocycles. The standard InChI is InChI=1S/C18H18N6O2/c25-16-8-13(10-24(16)11-14-4-1-2-5-19-14)17(26)21-9-15-12-23-7-3-6-20-18(23)22-15/h1-7,12-13H,8-11H2,(H,21,26)/t13-/m1/s1. The van der Waals surface area contributed by atoms with Crippen molar-refractivity contribution < 1.29 is 9.59 Å². The van der Waals surface area contributed by atoms with E-state index in [2.05, 4.69) is 20.3 Å². The molecule has 1 atom stereocenters. The van der Waals surface area contributed by atoms with Crippen molar-refractivity contribution in [1.29, 1.82) is 0 Å². The van der Waals surface area contributed by atoms with E-state index in [9.17, 15) is 9.59 Å². The van der Waals surface area contributed by atoms with Gasteiger partial charge >= 0.3 is 0 Å². The van der Waals surface area contributed by atoms with E-state index in [-0.39, 0.29) is 24.2 Å². The summed E-state index contributed by atoms with van der Waals surface area (Å²) in [6.45, 7) is 1.16.